The maximum Gasteiger partial charge on any atom is 0.159 e. The Kier molecular flexibility index (Phi) is 4.43. The SMILES string of the molecule is CC(C)(C)[SiH]([SiH3])OCCO. The molecule has 0 spiro atoms. The Morgan fingerprint density at radius 2 is 2.00 bits per heavy atom. The fourth-order valence-electron chi connectivity index (χ4n) is 0.479. The quantitative estimate of drug-likeness (QED) is 0.584. The predicted molar refractivity (Wildman–Crippen MR) is 49.8 cm³/mol. The van der Waals surface area contributed by atoms with E-state index in [1.807, 2.05) is 0 Å². The van der Waals surface area contributed by atoms with Gasteiger partial charge in [-0.15, -0.1) is 0 Å². The molecule has 0 aromatic carbocycles. The maximum absolute atomic E-state index is 8.49. The highest BCUT2D eigenvalue weighted by Crippen LogP contribution is 2.24. The summed E-state index contributed by atoms with van der Waals surface area (Å²) in [5, 5.41) is 8.87. The highest BCUT2D eigenvalue weighted by atomic mass is 29.2. The molecule has 0 aliphatic carbocycles. The number of aliphatic hydroxyl groups excluding tert-OH is 1. The first-order valence-corrected chi connectivity index (χ1v) is 9.37. The van der Waals surface area contributed by atoms with Gasteiger partial charge in [0.2, 0.25) is 0 Å². The molecule has 0 aromatic heterocycles. The molecule has 0 saturated heterocycles. The van der Waals surface area contributed by atoms with Crippen molar-refractivity contribution < 1.29 is 9.53 Å². The second-order valence-corrected chi connectivity index (χ2v) is 10.1. The highest BCUT2D eigenvalue weighted by molar-refractivity contribution is 7.01. The molecule has 0 fully saturated rings. The van der Waals surface area contributed by atoms with Crippen molar-refractivity contribution in [3.8, 4) is 0 Å². The van der Waals surface area contributed by atoms with Crippen LogP contribution in [0.5, 0.6) is 0 Å². The van der Waals surface area contributed by atoms with Gasteiger partial charge in [-0.25, -0.2) is 0 Å². The van der Waals surface area contributed by atoms with E-state index in [9.17, 15) is 0 Å². The van der Waals surface area contributed by atoms with E-state index in [0.29, 0.717) is 11.6 Å². The molecule has 62 valence electrons. The number of aliphatic hydroxyl groups is 1. The highest BCUT2D eigenvalue weighted by Gasteiger charge is 2.21. The van der Waals surface area contributed by atoms with Gasteiger partial charge in [0.15, 0.2) is 8.56 Å². The van der Waals surface area contributed by atoms with E-state index in [-0.39, 0.29) is 6.61 Å². The van der Waals surface area contributed by atoms with Crippen LogP contribution in [0, 0.1) is 0 Å². The van der Waals surface area contributed by atoms with Crippen molar-refractivity contribution in [3.05, 3.63) is 0 Å². The fraction of sp³-hybridized carbons (Fsp3) is 1.00. The summed E-state index contributed by atoms with van der Waals surface area (Å²) in [6.45, 7) is 7.36. The second-order valence-electron chi connectivity index (χ2n) is 3.60. The summed E-state index contributed by atoms with van der Waals surface area (Å²) in [5.41, 5.74) is 0. The second kappa shape index (κ2) is 4.28. The molecule has 1 atom stereocenters. The molecule has 0 rings (SSSR count). The van der Waals surface area contributed by atoms with Crippen LogP contribution >= 0.6 is 0 Å². The molecule has 0 radical (unpaired) electrons. The molecule has 0 bridgehead atoms. The van der Waals surface area contributed by atoms with Crippen LogP contribution in [0.15, 0.2) is 0 Å². The maximum atomic E-state index is 8.49. The summed E-state index contributed by atoms with van der Waals surface area (Å²) in [4.78, 5) is 0. The smallest absolute Gasteiger partial charge is 0.159 e. The topological polar surface area (TPSA) is 29.5 Å². The number of rotatable bonds is 3. The molecule has 4 heteroatoms. The first kappa shape index (κ1) is 10.4. The zero-order valence-corrected chi connectivity index (χ0v) is 10.5. The average molecular weight is 178 g/mol. The van der Waals surface area contributed by atoms with Crippen LogP contribution in [0.25, 0.3) is 0 Å². The van der Waals surface area contributed by atoms with Crippen molar-refractivity contribution in [1.82, 2.24) is 0 Å². The monoisotopic (exact) mass is 178 g/mol. The zero-order valence-electron chi connectivity index (χ0n) is 7.35. The summed E-state index contributed by atoms with van der Waals surface area (Å²) in [7, 11) is 0.239. The Balaban J connectivity index is 3.52. The van der Waals surface area contributed by atoms with Crippen molar-refractivity contribution in [3.63, 3.8) is 0 Å². The lowest BCUT2D eigenvalue weighted by atomic mass is 10.3. The molecule has 1 unspecified atom stereocenters. The van der Waals surface area contributed by atoms with Gasteiger partial charge >= 0.3 is 0 Å². The fourth-order valence-corrected chi connectivity index (χ4v) is 2.15. The molecule has 1 N–H and O–H groups in total. The lowest BCUT2D eigenvalue weighted by Crippen LogP contribution is -2.31. The van der Waals surface area contributed by atoms with Gasteiger partial charge in [-0.1, -0.05) is 20.8 Å². The molecular weight excluding hydrogens is 160 g/mol. The van der Waals surface area contributed by atoms with Gasteiger partial charge in [0.1, 0.15) is 0 Å². The minimum atomic E-state index is -0.929. The third kappa shape index (κ3) is 4.21. The van der Waals surface area contributed by atoms with E-state index in [1.165, 1.54) is 9.76 Å². The molecule has 0 heterocycles. The van der Waals surface area contributed by atoms with Crippen LogP contribution in [-0.4, -0.2) is 36.6 Å². The van der Waals surface area contributed by atoms with Gasteiger partial charge < -0.3 is 9.53 Å². The lowest BCUT2D eigenvalue weighted by Gasteiger charge is -2.25. The van der Waals surface area contributed by atoms with E-state index < -0.39 is 8.56 Å². The standard InChI is InChI=1S/C6H18O2Si2/c1-6(2,3)10(9)8-5-4-7/h7,10H,4-5H2,1-3,9H3. The first-order chi connectivity index (χ1) is 4.48. The normalized spacial score (nSPS) is 15.6. The molecule has 2 nitrogen and oxygen atoms in total. The molecule has 0 saturated carbocycles. The van der Waals surface area contributed by atoms with Crippen LogP contribution in [-0.2, 0) is 4.43 Å². The van der Waals surface area contributed by atoms with Crippen molar-refractivity contribution in [2.75, 3.05) is 13.2 Å². The van der Waals surface area contributed by atoms with Crippen LogP contribution in [0.3, 0.4) is 0 Å². The number of hydrogen-bond acceptors (Lipinski definition) is 2. The summed E-state index contributed by atoms with van der Waals surface area (Å²) >= 11 is 0. The van der Waals surface area contributed by atoms with Gasteiger partial charge in [0, 0.05) is 9.76 Å². The van der Waals surface area contributed by atoms with Crippen molar-refractivity contribution >= 4 is 18.3 Å². The Bertz CT molecular complexity index is 90.2. The van der Waals surface area contributed by atoms with Crippen molar-refractivity contribution in [2.45, 2.75) is 25.8 Å². The lowest BCUT2D eigenvalue weighted by molar-refractivity contribution is 0.200. The molecule has 0 aliphatic heterocycles. The predicted octanol–water partition coefficient (Wildman–Crippen LogP) is -0.619. The average Bonchev–Trinajstić information content (AvgIpc) is 1.80. The van der Waals surface area contributed by atoms with E-state index in [2.05, 4.69) is 20.8 Å². The third-order valence-electron chi connectivity index (χ3n) is 1.68. The Hall–Kier alpha value is 0.354. The third-order valence-corrected chi connectivity index (χ3v) is 11.0. The molecule has 0 aromatic rings. The van der Waals surface area contributed by atoms with Gasteiger partial charge in [-0.2, -0.15) is 0 Å². The summed E-state index contributed by atoms with van der Waals surface area (Å²) in [6.07, 6.45) is 0. The minimum absolute atomic E-state index is 0.168. The molecule has 10 heavy (non-hydrogen) atoms. The van der Waals surface area contributed by atoms with Crippen molar-refractivity contribution in [1.29, 1.82) is 0 Å². The summed E-state index contributed by atoms with van der Waals surface area (Å²) in [6, 6.07) is 0. The van der Waals surface area contributed by atoms with Crippen LogP contribution in [0.4, 0.5) is 0 Å². The Labute approximate surface area is 67.5 Å². The largest absolute Gasteiger partial charge is 0.422 e. The first-order valence-electron chi connectivity index (χ1n) is 3.71. The summed E-state index contributed by atoms with van der Waals surface area (Å²) in [5.74, 6) is 0. The summed E-state index contributed by atoms with van der Waals surface area (Å²) < 4.78 is 5.51. The van der Waals surface area contributed by atoms with Gasteiger partial charge in [0.05, 0.1) is 13.2 Å². The van der Waals surface area contributed by atoms with E-state index in [0.717, 1.165) is 0 Å². The zero-order chi connectivity index (χ0) is 8.20. The Morgan fingerprint density at radius 3 is 2.30 bits per heavy atom. The number of hydrogen-bond donors (Lipinski definition) is 1. The van der Waals surface area contributed by atoms with Gasteiger partial charge in [-0.05, 0) is 5.04 Å². The van der Waals surface area contributed by atoms with E-state index >= 15 is 0 Å². The van der Waals surface area contributed by atoms with Gasteiger partial charge in [0.25, 0.3) is 0 Å². The van der Waals surface area contributed by atoms with Crippen molar-refractivity contribution in [2.24, 2.45) is 0 Å². The molecule has 0 aliphatic rings. The van der Waals surface area contributed by atoms with Crippen LogP contribution in [0.1, 0.15) is 20.8 Å². The van der Waals surface area contributed by atoms with E-state index in [1.54, 1.807) is 0 Å². The van der Waals surface area contributed by atoms with Crippen LogP contribution < -0.4 is 0 Å². The van der Waals surface area contributed by atoms with Crippen LogP contribution in [0.2, 0.25) is 5.04 Å². The Morgan fingerprint density at radius 1 is 1.50 bits per heavy atom. The minimum Gasteiger partial charge on any atom is -0.422 e. The molecular formula is C6H18O2Si2. The molecule has 0 amide bonds. The van der Waals surface area contributed by atoms with E-state index in [4.69, 9.17) is 9.53 Å². The van der Waals surface area contributed by atoms with Gasteiger partial charge in [-0.3, -0.25) is 0 Å².